The van der Waals surface area contributed by atoms with Crippen molar-refractivity contribution in [1.29, 1.82) is 0 Å². The second-order valence-electron chi connectivity index (χ2n) is 5.20. The Labute approximate surface area is 120 Å². The topological polar surface area (TPSA) is 36.4 Å². The van der Waals surface area contributed by atoms with Crippen LogP contribution in [0.4, 0.5) is 0 Å². The van der Waals surface area contributed by atoms with Crippen LogP contribution in [0.1, 0.15) is 24.5 Å². The van der Waals surface area contributed by atoms with Gasteiger partial charge in [0, 0.05) is 24.5 Å². The summed E-state index contributed by atoms with van der Waals surface area (Å²) in [6.45, 7) is 5.21. The molecule has 1 fully saturated rings. The summed E-state index contributed by atoms with van der Waals surface area (Å²) in [6, 6.07) is 7.20. The lowest BCUT2D eigenvalue weighted by Crippen LogP contribution is -2.38. The molecule has 1 saturated carbocycles. The van der Waals surface area contributed by atoms with Gasteiger partial charge in [-0.2, -0.15) is 0 Å². The summed E-state index contributed by atoms with van der Waals surface area (Å²) in [5.74, 6) is 1.68. The molecule has 19 heavy (non-hydrogen) atoms. The van der Waals surface area contributed by atoms with Crippen LogP contribution in [0, 0.1) is 12.8 Å². The van der Waals surface area contributed by atoms with Gasteiger partial charge in [-0.25, -0.2) is 0 Å². The van der Waals surface area contributed by atoms with Crippen molar-refractivity contribution in [3.63, 3.8) is 0 Å². The van der Waals surface area contributed by atoms with Gasteiger partial charge in [0.2, 0.25) is 0 Å². The maximum absolute atomic E-state index is 4.28. The third kappa shape index (κ3) is 3.90. The van der Waals surface area contributed by atoms with Crippen LogP contribution < -0.4 is 10.6 Å². The molecule has 4 heteroatoms. The summed E-state index contributed by atoms with van der Waals surface area (Å²) < 4.78 is 0. The quantitative estimate of drug-likeness (QED) is 0.505. The van der Waals surface area contributed by atoms with E-state index < -0.39 is 0 Å². The van der Waals surface area contributed by atoms with Gasteiger partial charge >= 0.3 is 0 Å². The molecule has 2 N–H and O–H groups in total. The molecule has 3 nitrogen and oxygen atoms in total. The van der Waals surface area contributed by atoms with Gasteiger partial charge in [-0.1, -0.05) is 19.1 Å². The summed E-state index contributed by atoms with van der Waals surface area (Å²) in [6.07, 6.45) is 3.37. The molecule has 1 aliphatic rings. The van der Waals surface area contributed by atoms with Crippen molar-refractivity contribution < 1.29 is 0 Å². The van der Waals surface area contributed by atoms with E-state index in [1.807, 2.05) is 7.05 Å². The number of hydrogen-bond acceptors (Lipinski definition) is 2. The largest absolute Gasteiger partial charge is 0.353 e. The van der Waals surface area contributed by atoms with Crippen molar-refractivity contribution in [2.45, 2.75) is 37.8 Å². The molecule has 1 aliphatic carbocycles. The fourth-order valence-electron chi connectivity index (χ4n) is 2.07. The molecule has 2 rings (SSSR count). The zero-order valence-corrected chi connectivity index (χ0v) is 13.0. The predicted molar refractivity (Wildman–Crippen MR) is 83.9 cm³/mol. The van der Waals surface area contributed by atoms with Crippen LogP contribution in [0.3, 0.4) is 0 Å². The fourth-order valence-corrected chi connectivity index (χ4v) is 2.78. The van der Waals surface area contributed by atoms with E-state index in [0.717, 1.165) is 18.4 Å². The Morgan fingerprint density at radius 2 is 2.21 bits per heavy atom. The van der Waals surface area contributed by atoms with E-state index in [1.54, 1.807) is 11.8 Å². The van der Waals surface area contributed by atoms with Gasteiger partial charge < -0.3 is 10.6 Å². The van der Waals surface area contributed by atoms with Gasteiger partial charge in [0.05, 0.1) is 0 Å². The highest BCUT2D eigenvalue weighted by Crippen LogP contribution is 2.28. The molecule has 0 bridgehead atoms. The number of nitrogens with one attached hydrogen (secondary N) is 2. The number of hydrogen-bond donors (Lipinski definition) is 2. The number of nitrogens with zero attached hydrogens (tertiary/aromatic N) is 1. The van der Waals surface area contributed by atoms with E-state index in [9.17, 15) is 0 Å². The minimum atomic E-state index is 0.601. The number of aliphatic imine (C=N–C) groups is 1. The first-order valence-electron chi connectivity index (χ1n) is 6.74. The van der Waals surface area contributed by atoms with Crippen molar-refractivity contribution in [2.75, 3.05) is 13.3 Å². The molecule has 0 radical (unpaired) electrons. The van der Waals surface area contributed by atoms with Crippen LogP contribution in [0.25, 0.3) is 0 Å². The molecule has 1 aromatic rings. The molecular weight excluding hydrogens is 254 g/mol. The lowest BCUT2D eigenvalue weighted by atomic mass is 10.1. The molecule has 0 aromatic heterocycles. The van der Waals surface area contributed by atoms with E-state index in [4.69, 9.17) is 0 Å². The van der Waals surface area contributed by atoms with Gasteiger partial charge in [-0.15, -0.1) is 11.8 Å². The maximum atomic E-state index is 4.28. The Bertz CT molecular complexity index is 470. The summed E-state index contributed by atoms with van der Waals surface area (Å²) in [5, 5.41) is 6.84. The molecule has 1 aromatic carbocycles. The first-order valence-corrected chi connectivity index (χ1v) is 7.97. The molecule has 2 unspecified atom stereocenters. The molecule has 0 heterocycles. The number of aryl methyl sites for hydroxylation is 1. The summed E-state index contributed by atoms with van der Waals surface area (Å²) in [4.78, 5) is 5.61. The molecular formula is C15H23N3S. The number of thioether (sulfide) groups is 1. The van der Waals surface area contributed by atoms with Crippen LogP contribution >= 0.6 is 11.8 Å². The van der Waals surface area contributed by atoms with Crippen molar-refractivity contribution in [2.24, 2.45) is 10.9 Å². The van der Waals surface area contributed by atoms with Crippen molar-refractivity contribution >= 4 is 17.7 Å². The second kappa shape index (κ2) is 6.33. The smallest absolute Gasteiger partial charge is 0.191 e. The van der Waals surface area contributed by atoms with E-state index in [1.165, 1.54) is 22.4 Å². The average Bonchev–Trinajstić information content (AvgIpc) is 3.10. The number of guanidine groups is 1. The predicted octanol–water partition coefficient (Wildman–Crippen LogP) is 2.79. The Balaban J connectivity index is 1.93. The third-order valence-corrected chi connectivity index (χ3v) is 4.36. The van der Waals surface area contributed by atoms with E-state index in [-0.39, 0.29) is 0 Å². The van der Waals surface area contributed by atoms with Gasteiger partial charge in [-0.3, -0.25) is 4.99 Å². The summed E-state index contributed by atoms with van der Waals surface area (Å²) in [5.41, 5.74) is 2.63. The maximum Gasteiger partial charge on any atom is 0.191 e. The highest BCUT2D eigenvalue weighted by molar-refractivity contribution is 7.98. The monoisotopic (exact) mass is 277 g/mol. The second-order valence-corrected chi connectivity index (χ2v) is 6.05. The number of benzene rings is 1. The Morgan fingerprint density at radius 3 is 2.79 bits per heavy atom. The fraction of sp³-hybridized carbons (Fsp3) is 0.533. The number of rotatable bonds is 4. The Hall–Kier alpha value is -1.16. The highest BCUT2D eigenvalue weighted by Gasteiger charge is 2.33. The Kier molecular flexibility index (Phi) is 4.75. The first-order chi connectivity index (χ1) is 9.13. The zero-order chi connectivity index (χ0) is 13.8. The van der Waals surface area contributed by atoms with Crippen LogP contribution in [-0.4, -0.2) is 25.3 Å². The van der Waals surface area contributed by atoms with Crippen LogP contribution in [0.5, 0.6) is 0 Å². The van der Waals surface area contributed by atoms with Crippen molar-refractivity contribution in [1.82, 2.24) is 10.6 Å². The molecule has 104 valence electrons. The van der Waals surface area contributed by atoms with E-state index in [0.29, 0.717) is 6.04 Å². The first kappa shape index (κ1) is 14.3. The summed E-state index contributed by atoms with van der Waals surface area (Å²) >= 11 is 1.80. The van der Waals surface area contributed by atoms with Crippen LogP contribution in [0.15, 0.2) is 28.1 Å². The lowest BCUT2D eigenvalue weighted by Gasteiger charge is -2.13. The molecule has 0 spiro atoms. The molecule has 0 saturated heterocycles. The van der Waals surface area contributed by atoms with Crippen molar-refractivity contribution in [3.05, 3.63) is 29.3 Å². The van der Waals surface area contributed by atoms with Gasteiger partial charge in [0.25, 0.3) is 0 Å². The van der Waals surface area contributed by atoms with E-state index in [2.05, 4.69) is 53.9 Å². The van der Waals surface area contributed by atoms with Crippen LogP contribution in [0.2, 0.25) is 0 Å². The molecule has 2 atom stereocenters. The third-order valence-electron chi connectivity index (χ3n) is 3.54. The Morgan fingerprint density at radius 1 is 1.47 bits per heavy atom. The van der Waals surface area contributed by atoms with Crippen LogP contribution in [-0.2, 0) is 6.54 Å². The van der Waals surface area contributed by atoms with Gasteiger partial charge in [0.1, 0.15) is 0 Å². The minimum absolute atomic E-state index is 0.601. The minimum Gasteiger partial charge on any atom is -0.353 e. The normalized spacial score (nSPS) is 22.2. The molecule has 0 aliphatic heterocycles. The van der Waals surface area contributed by atoms with Gasteiger partial charge in [-0.05, 0) is 42.7 Å². The molecule has 0 amide bonds. The SMILES string of the molecule is CN=C(NCc1ccc(C)cc1SC)NC1CC1C. The lowest BCUT2D eigenvalue weighted by molar-refractivity contribution is 0.760. The standard InChI is InChI=1S/C15H23N3S/c1-10-5-6-12(14(7-10)19-4)9-17-15(16-3)18-13-8-11(13)2/h5-7,11,13H,8-9H2,1-4H3,(H2,16,17,18). The zero-order valence-electron chi connectivity index (χ0n) is 12.2. The summed E-state index contributed by atoms with van der Waals surface area (Å²) in [7, 11) is 1.83. The average molecular weight is 277 g/mol. The van der Waals surface area contributed by atoms with E-state index >= 15 is 0 Å². The van der Waals surface area contributed by atoms with Crippen molar-refractivity contribution in [3.8, 4) is 0 Å². The van der Waals surface area contributed by atoms with Gasteiger partial charge in [0.15, 0.2) is 5.96 Å². The highest BCUT2D eigenvalue weighted by atomic mass is 32.2.